The molecule has 1 saturated heterocycles. The first-order valence-electron chi connectivity index (χ1n) is 6.22. The first-order chi connectivity index (χ1) is 8.97. The fraction of sp³-hybridized carbons (Fsp3) is 0.727. The van der Waals surface area contributed by atoms with Crippen molar-refractivity contribution in [3.05, 3.63) is 11.7 Å². The maximum atomic E-state index is 11.8. The van der Waals surface area contributed by atoms with Gasteiger partial charge in [0.15, 0.2) is 15.7 Å². The van der Waals surface area contributed by atoms with Crippen molar-refractivity contribution in [2.75, 3.05) is 5.75 Å². The number of aliphatic carboxylic acids is 1. The SMILES string of the molecule is O=C(O)CCc1noc(CC2CCCCS2(=O)=O)n1. The second-order valence-corrected chi connectivity index (χ2v) is 7.09. The van der Waals surface area contributed by atoms with E-state index in [-0.39, 0.29) is 30.9 Å². The molecule has 0 saturated carbocycles. The molecule has 1 aromatic heterocycles. The molecule has 0 amide bonds. The fourth-order valence-corrected chi connectivity index (χ4v) is 4.00. The van der Waals surface area contributed by atoms with Crippen molar-refractivity contribution in [1.29, 1.82) is 0 Å². The van der Waals surface area contributed by atoms with Crippen LogP contribution >= 0.6 is 0 Å². The lowest BCUT2D eigenvalue weighted by Crippen LogP contribution is -2.30. The van der Waals surface area contributed by atoms with Crippen LogP contribution in [0.4, 0.5) is 0 Å². The highest BCUT2D eigenvalue weighted by Crippen LogP contribution is 2.22. The van der Waals surface area contributed by atoms with Crippen LogP contribution in [0.25, 0.3) is 0 Å². The quantitative estimate of drug-likeness (QED) is 0.844. The number of hydrogen-bond acceptors (Lipinski definition) is 6. The second-order valence-electron chi connectivity index (χ2n) is 4.69. The molecule has 1 aromatic rings. The summed E-state index contributed by atoms with van der Waals surface area (Å²) in [5.74, 6) is -0.125. The van der Waals surface area contributed by atoms with E-state index in [4.69, 9.17) is 9.63 Å². The predicted octanol–water partition coefficient (Wildman–Crippen LogP) is 0.597. The van der Waals surface area contributed by atoms with Crippen LogP contribution in [-0.4, -0.2) is 40.6 Å². The number of rotatable bonds is 5. The highest BCUT2D eigenvalue weighted by Gasteiger charge is 2.30. The molecule has 8 heteroatoms. The molecule has 0 bridgehead atoms. The first-order valence-corrected chi connectivity index (χ1v) is 7.94. The van der Waals surface area contributed by atoms with Gasteiger partial charge in [-0.1, -0.05) is 11.6 Å². The van der Waals surface area contributed by atoms with Crippen molar-refractivity contribution in [2.45, 2.75) is 43.8 Å². The number of carbonyl (C=O) groups is 1. The summed E-state index contributed by atoms with van der Waals surface area (Å²) >= 11 is 0. The van der Waals surface area contributed by atoms with Gasteiger partial charge >= 0.3 is 5.97 Å². The van der Waals surface area contributed by atoms with Crippen LogP contribution in [0.2, 0.25) is 0 Å². The third-order valence-corrected chi connectivity index (χ3v) is 5.46. The Bertz CT molecular complexity index is 551. The highest BCUT2D eigenvalue weighted by atomic mass is 32.2. The minimum Gasteiger partial charge on any atom is -0.481 e. The molecular weight excluding hydrogens is 272 g/mol. The summed E-state index contributed by atoms with van der Waals surface area (Å²) in [7, 11) is -3.06. The zero-order chi connectivity index (χ0) is 13.9. The molecule has 1 atom stereocenters. The van der Waals surface area contributed by atoms with Gasteiger partial charge < -0.3 is 9.63 Å². The van der Waals surface area contributed by atoms with E-state index in [1.54, 1.807) is 0 Å². The summed E-state index contributed by atoms with van der Waals surface area (Å²) in [4.78, 5) is 14.5. The number of hydrogen-bond donors (Lipinski definition) is 1. The molecule has 2 rings (SSSR count). The van der Waals surface area contributed by atoms with E-state index in [0.29, 0.717) is 18.7 Å². The van der Waals surface area contributed by atoms with Crippen LogP contribution in [0.1, 0.15) is 37.4 Å². The van der Waals surface area contributed by atoms with Crippen molar-refractivity contribution < 1.29 is 22.8 Å². The van der Waals surface area contributed by atoms with E-state index >= 15 is 0 Å². The topological polar surface area (TPSA) is 110 Å². The molecule has 1 N–H and O–H groups in total. The van der Waals surface area contributed by atoms with Gasteiger partial charge in [-0.15, -0.1) is 0 Å². The van der Waals surface area contributed by atoms with Crippen molar-refractivity contribution >= 4 is 15.8 Å². The number of sulfone groups is 1. The number of carboxylic acid groups (broad SMARTS) is 1. The van der Waals surface area contributed by atoms with Crippen LogP contribution < -0.4 is 0 Å². The summed E-state index contributed by atoms with van der Waals surface area (Å²) < 4.78 is 28.7. The third-order valence-electron chi connectivity index (χ3n) is 3.19. The molecular formula is C11H16N2O5S. The van der Waals surface area contributed by atoms with Crippen LogP contribution in [0, 0.1) is 0 Å². The molecule has 1 aliphatic rings. The molecule has 7 nitrogen and oxygen atoms in total. The second kappa shape index (κ2) is 5.68. The van der Waals surface area contributed by atoms with E-state index in [0.717, 1.165) is 6.42 Å². The molecule has 0 spiro atoms. The zero-order valence-corrected chi connectivity index (χ0v) is 11.2. The summed E-state index contributed by atoms with van der Waals surface area (Å²) in [5, 5.41) is 11.8. The molecule has 1 unspecified atom stereocenters. The third kappa shape index (κ3) is 3.76. The van der Waals surface area contributed by atoms with Gasteiger partial charge in [0, 0.05) is 12.8 Å². The van der Waals surface area contributed by atoms with Crippen molar-refractivity contribution in [1.82, 2.24) is 10.1 Å². The molecule has 0 radical (unpaired) electrons. The van der Waals surface area contributed by atoms with E-state index in [9.17, 15) is 13.2 Å². The van der Waals surface area contributed by atoms with Gasteiger partial charge in [0.25, 0.3) is 0 Å². The van der Waals surface area contributed by atoms with Gasteiger partial charge in [0.2, 0.25) is 5.89 Å². The van der Waals surface area contributed by atoms with Crippen molar-refractivity contribution in [2.24, 2.45) is 0 Å². The average molecular weight is 288 g/mol. The van der Waals surface area contributed by atoms with Gasteiger partial charge in [-0.05, 0) is 12.8 Å². The lowest BCUT2D eigenvalue weighted by Gasteiger charge is -2.20. The van der Waals surface area contributed by atoms with Crippen LogP contribution in [0.5, 0.6) is 0 Å². The summed E-state index contributed by atoms with van der Waals surface area (Å²) in [6.07, 6.45) is 2.57. The van der Waals surface area contributed by atoms with Crippen molar-refractivity contribution in [3.63, 3.8) is 0 Å². The molecule has 0 aliphatic carbocycles. The summed E-state index contributed by atoms with van der Waals surface area (Å²) in [6, 6.07) is 0. The molecule has 1 aliphatic heterocycles. The largest absolute Gasteiger partial charge is 0.481 e. The Labute approximate surface area is 110 Å². The van der Waals surface area contributed by atoms with Crippen LogP contribution in [0.3, 0.4) is 0 Å². The molecule has 1 fully saturated rings. The minimum atomic E-state index is -3.06. The van der Waals surface area contributed by atoms with E-state index in [2.05, 4.69) is 10.1 Å². The first kappa shape index (κ1) is 14.0. The van der Waals surface area contributed by atoms with E-state index in [1.807, 2.05) is 0 Å². The number of aryl methyl sites for hydroxylation is 1. The lowest BCUT2D eigenvalue weighted by molar-refractivity contribution is -0.137. The Morgan fingerprint density at radius 1 is 1.42 bits per heavy atom. The molecule has 106 valence electrons. The molecule has 19 heavy (non-hydrogen) atoms. The van der Waals surface area contributed by atoms with Gasteiger partial charge in [-0.3, -0.25) is 4.79 Å². The fourth-order valence-electron chi connectivity index (χ4n) is 2.14. The smallest absolute Gasteiger partial charge is 0.303 e. The maximum absolute atomic E-state index is 11.8. The van der Waals surface area contributed by atoms with Crippen molar-refractivity contribution in [3.8, 4) is 0 Å². The van der Waals surface area contributed by atoms with Gasteiger partial charge in [-0.2, -0.15) is 4.98 Å². The Morgan fingerprint density at radius 3 is 2.89 bits per heavy atom. The Balaban J connectivity index is 1.97. The monoisotopic (exact) mass is 288 g/mol. The van der Waals surface area contributed by atoms with Gasteiger partial charge in [-0.25, -0.2) is 8.42 Å². The molecule has 2 heterocycles. The Morgan fingerprint density at radius 2 is 2.21 bits per heavy atom. The normalized spacial score (nSPS) is 22.2. The Hall–Kier alpha value is -1.44. The predicted molar refractivity (Wildman–Crippen MR) is 65.4 cm³/mol. The average Bonchev–Trinajstić information content (AvgIpc) is 2.77. The zero-order valence-electron chi connectivity index (χ0n) is 10.4. The number of nitrogens with zero attached hydrogens (tertiary/aromatic N) is 2. The number of carboxylic acids is 1. The standard InChI is InChI=1S/C11H16N2O5S/c14-11(15)5-4-9-12-10(18-13-9)7-8-3-1-2-6-19(8,16)17/h8H,1-7H2,(H,14,15). The highest BCUT2D eigenvalue weighted by molar-refractivity contribution is 7.92. The van der Waals surface area contributed by atoms with Gasteiger partial charge in [0.05, 0.1) is 17.4 Å². The summed E-state index contributed by atoms with van der Waals surface area (Å²) in [5.41, 5.74) is 0. The van der Waals surface area contributed by atoms with E-state index in [1.165, 1.54) is 0 Å². The number of aromatic nitrogens is 2. The van der Waals surface area contributed by atoms with Crippen LogP contribution in [-0.2, 0) is 27.5 Å². The lowest BCUT2D eigenvalue weighted by atomic mass is 10.1. The maximum Gasteiger partial charge on any atom is 0.303 e. The Kier molecular flexibility index (Phi) is 4.18. The minimum absolute atomic E-state index is 0.0687. The van der Waals surface area contributed by atoms with E-state index < -0.39 is 21.1 Å². The van der Waals surface area contributed by atoms with Crippen LogP contribution in [0.15, 0.2) is 4.52 Å². The molecule has 0 aromatic carbocycles. The van der Waals surface area contributed by atoms with Gasteiger partial charge in [0.1, 0.15) is 0 Å². The summed E-state index contributed by atoms with van der Waals surface area (Å²) in [6.45, 7) is 0.